The standard InChI is InChI=1S/C15H21N3O4S/c1-4-22-14(21)11-6-5-7-18(8-11)13(20)12(19)17-15-16-9(2)10(3)23-15/h11H,4-8H2,1-3H3,(H,16,17,19). The highest BCUT2D eigenvalue weighted by Crippen LogP contribution is 2.22. The predicted octanol–water partition coefficient (Wildman–Crippen LogP) is 1.50. The number of carbonyl (C=O) groups is 3. The molecule has 2 rings (SSSR count). The van der Waals surface area contributed by atoms with Gasteiger partial charge in [0.2, 0.25) is 0 Å². The van der Waals surface area contributed by atoms with Crippen molar-refractivity contribution in [3.8, 4) is 0 Å². The van der Waals surface area contributed by atoms with Crippen molar-refractivity contribution in [3.63, 3.8) is 0 Å². The molecule has 23 heavy (non-hydrogen) atoms. The van der Waals surface area contributed by atoms with Crippen LogP contribution in [-0.2, 0) is 19.1 Å². The van der Waals surface area contributed by atoms with E-state index in [4.69, 9.17) is 4.74 Å². The molecule has 126 valence electrons. The van der Waals surface area contributed by atoms with Gasteiger partial charge < -0.3 is 9.64 Å². The topological polar surface area (TPSA) is 88.6 Å². The zero-order chi connectivity index (χ0) is 17.0. The first-order chi connectivity index (χ1) is 10.9. The molecule has 1 aliphatic rings. The van der Waals surface area contributed by atoms with Crippen LogP contribution in [0.25, 0.3) is 0 Å². The van der Waals surface area contributed by atoms with E-state index < -0.39 is 11.8 Å². The lowest BCUT2D eigenvalue weighted by molar-refractivity contribution is -0.153. The second-order valence-corrected chi connectivity index (χ2v) is 6.66. The maximum Gasteiger partial charge on any atom is 0.315 e. The molecule has 0 aliphatic carbocycles. The predicted molar refractivity (Wildman–Crippen MR) is 86.2 cm³/mol. The summed E-state index contributed by atoms with van der Waals surface area (Å²) in [6, 6.07) is 0. The number of hydrogen-bond acceptors (Lipinski definition) is 6. The van der Waals surface area contributed by atoms with Crippen LogP contribution in [0.15, 0.2) is 0 Å². The lowest BCUT2D eigenvalue weighted by Gasteiger charge is -2.30. The molecule has 1 aliphatic heterocycles. The van der Waals surface area contributed by atoms with E-state index in [-0.39, 0.29) is 18.4 Å². The van der Waals surface area contributed by atoms with Gasteiger partial charge in [-0.2, -0.15) is 0 Å². The van der Waals surface area contributed by atoms with Crippen molar-refractivity contribution in [3.05, 3.63) is 10.6 Å². The summed E-state index contributed by atoms with van der Waals surface area (Å²) in [7, 11) is 0. The summed E-state index contributed by atoms with van der Waals surface area (Å²) in [6.45, 7) is 6.50. The Labute approximate surface area is 139 Å². The Morgan fingerprint density at radius 2 is 2.13 bits per heavy atom. The number of esters is 1. The first-order valence-corrected chi connectivity index (χ1v) is 8.45. The number of amides is 2. The molecule has 1 aromatic heterocycles. The van der Waals surface area contributed by atoms with E-state index in [0.717, 1.165) is 10.6 Å². The highest BCUT2D eigenvalue weighted by atomic mass is 32.1. The van der Waals surface area contributed by atoms with Crippen molar-refractivity contribution in [2.45, 2.75) is 33.6 Å². The number of ether oxygens (including phenoxy) is 1. The fraction of sp³-hybridized carbons (Fsp3) is 0.600. The van der Waals surface area contributed by atoms with Gasteiger partial charge in [-0.15, -0.1) is 11.3 Å². The van der Waals surface area contributed by atoms with Crippen LogP contribution in [0.1, 0.15) is 30.3 Å². The second kappa shape index (κ2) is 7.54. The van der Waals surface area contributed by atoms with E-state index in [1.165, 1.54) is 16.2 Å². The quantitative estimate of drug-likeness (QED) is 0.666. The average molecular weight is 339 g/mol. The summed E-state index contributed by atoms with van der Waals surface area (Å²) in [5, 5.41) is 2.95. The molecule has 7 nitrogen and oxygen atoms in total. The van der Waals surface area contributed by atoms with Crippen molar-refractivity contribution >= 4 is 34.3 Å². The van der Waals surface area contributed by atoms with Crippen molar-refractivity contribution < 1.29 is 19.1 Å². The van der Waals surface area contributed by atoms with Gasteiger partial charge >= 0.3 is 17.8 Å². The van der Waals surface area contributed by atoms with Gasteiger partial charge in [-0.1, -0.05) is 0 Å². The molecule has 0 aromatic carbocycles. The van der Waals surface area contributed by atoms with Gasteiger partial charge in [-0.25, -0.2) is 4.98 Å². The smallest absolute Gasteiger partial charge is 0.315 e. The Kier molecular flexibility index (Phi) is 5.70. The van der Waals surface area contributed by atoms with Gasteiger partial charge in [0.05, 0.1) is 18.2 Å². The largest absolute Gasteiger partial charge is 0.466 e. The van der Waals surface area contributed by atoms with Gasteiger partial charge in [0.25, 0.3) is 0 Å². The molecule has 0 bridgehead atoms. The molecule has 1 fully saturated rings. The zero-order valence-corrected chi connectivity index (χ0v) is 14.4. The van der Waals surface area contributed by atoms with Gasteiger partial charge in [0.1, 0.15) is 0 Å². The van der Waals surface area contributed by atoms with Gasteiger partial charge in [-0.05, 0) is 33.6 Å². The molecule has 1 N–H and O–H groups in total. The van der Waals surface area contributed by atoms with Crippen LogP contribution in [0.5, 0.6) is 0 Å². The van der Waals surface area contributed by atoms with Crippen LogP contribution >= 0.6 is 11.3 Å². The van der Waals surface area contributed by atoms with Crippen LogP contribution < -0.4 is 5.32 Å². The number of hydrogen-bond donors (Lipinski definition) is 1. The molecule has 0 spiro atoms. The monoisotopic (exact) mass is 339 g/mol. The molecule has 1 aromatic rings. The summed E-state index contributed by atoms with van der Waals surface area (Å²) in [5.41, 5.74) is 0.832. The molecule has 8 heteroatoms. The molecular formula is C15H21N3O4S. The number of rotatable bonds is 3. The molecule has 0 saturated carbocycles. The Hall–Kier alpha value is -1.96. The van der Waals surface area contributed by atoms with Crippen molar-refractivity contribution in [2.75, 3.05) is 25.0 Å². The number of aryl methyl sites for hydroxylation is 2. The third kappa shape index (κ3) is 4.28. The second-order valence-electron chi connectivity index (χ2n) is 5.46. The number of aromatic nitrogens is 1. The summed E-state index contributed by atoms with van der Waals surface area (Å²) >= 11 is 1.33. The molecule has 1 atom stereocenters. The van der Waals surface area contributed by atoms with Crippen LogP contribution in [0.3, 0.4) is 0 Å². The maximum atomic E-state index is 12.3. The fourth-order valence-electron chi connectivity index (χ4n) is 2.43. The average Bonchev–Trinajstić information content (AvgIpc) is 2.84. The Bertz CT molecular complexity index is 594. The van der Waals surface area contributed by atoms with E-state index in [9.17, 15) is 14.4 Å². The van der Waals surface area contributed by atoms with Gasteiger partial charge in [-0.3, -0.25) is 19.7 Å². The SMILES string of the molecule is CCOC(=O)C1CCCN(C(=O)C(=O)Nc2nc(C)c(C)s2)C1. The third-order valence-corrected chi connectivity index (χ3v) is 4.76. The molecule has 1 unspecified atom stereocenters. The Morgan fingerprint density at radius 3 is 2.74 bits per heavy atom. The molecule has 2 amide bonds. The third-order valence-electron chi connectivity index (χ3n) is 3.77. The van der Waals surface area contributed by atoms with Crippen LogP contribution in [0.4, 0.5) is 5.13 Å². The number of piperidine rings is 1. The molecule has 0 radical (unpaired) electrons. The van der Waals surface area contributed by atoms with Crippen LogP contribution in [0, 0.1) is 19.8 Å². The fourth-order valence-corrected chi connectivity index (χ4v) is 3.24. The highest BCUT2D eigenvalue weighted by molar-refractivity contribution is 7.15. The number of nitrogens with zero attached hydrogens (tertiary/aromatic N) is 2. The van der Waals surface area contributed by atoms with Crippen molar-refractivity contribution in [2.24, 2.45) is 5.92 Å². The summed E-state index contributed by atoms with van der Waals surface area (Å²) in [5.74, 6) is -2.02. The number of anilines is 1. The van der Waals surface area contributed by atoms with E-state index in [2.05, 4.69) is 10.3 Å². The lowest BCUT2D eigenvalue weighted by Crippen LogP contribution is -2.47. The van der Waals surface area contributed by atoms with Crippen molar-refractivity contribution in [1.82, 2.24) is 9.88 Å². The first-order valence-electron chi connectivity index (χ1n) is 7.63. The lowest BCUT2D eigenvalue weighted by atomic mass is 9.98. The maximum absolute atomic E-state index is 12.3. The first kappa shape index (κ1) is 17.4. The molecule has 1 saturated heterocycles. The minimum Gasteiger partial charge on any atom is -0.466 e. The minimum atomic E-state index is -0.719. The van der Waals surface area contributed by atoms with E-state index in [1.807, 2.05) is 13.8 Å². The normalized spacial score (nSPS) is 17.7. The number of nitrogens with one attached hydrogen (secondary N) is 1. The Morgan fingerprint density at radius 1 is 1.39 bits per heavy atom. The zero-order valence-electron chi connectivity index (χ0n) is 13.5. The number of carbonyl (C=O) groups excluding carboxylic acids is 3. The van der Waals surface area contributed by atoms with Gasteiger partial charge in [0, 0.05) is 18.0 Å². The van der Waals surface area contributed by atoms with Crippen molar-refractivity contribution in [1.29, 1.82) is 0 Å². The van der Waals surface area contributed by atoms with Gasteiger partial charge in [0.15, 0.2) is 5.13 Å². The van der Waals surface area contributed by atoms with E-state index in [0.29, 0.717) is 31.1 Å². The molecular weight excluding hydrogens is 318 g/mol. The minimum absolute atomic E-state index is 0.223. The molecule has 2 heterocycles. The summed E-state index contributed by atoms with van der Waals surface area (Å²) < 4.78 is 5.00. The summed E-state index contributed by atoms with van der Waals surface area (Å²) in [6.07, 6.45) is 1.35. The van der Waals surface area contributed by atoms with Crippen LogP contribution in [-0.4, -0.2) is 47.4 Å². The van der Waals surface area contributed by atoms with E-state index in [1.54, 1.807) is 6.92 Å². The van der Waals surface area contributed by atoms with Crippen LogP contribution in [0.2, 0.25) is 0 Å². The highest BCUT2D eigenvalue weighted by Gasteiger charge is 2.32. The Balaban J connectivity index is 1.95. The summed E-state index contributed by atoms with van der Waals surface area (Å²) in [4.78, 5) is 42.7. The number of thiazole rings is 1. The van der Waals surface area contributed by atoms with E-state index >= 15 is 0 Å². The number of likely N-dealkylation sites (tertiary alicyclic amines) is 1.